The number of carbonyl (C=O) groups excluding carboxylic acids is 1. The summed E-state index contributed by atoms with van der Waals surface area (Å²) in [5.41, 5.74) is 2.99. The number of aromatic nitrogens is 4. The summed E-state index contributed by atoms with van der Waals surface area (Å²) in [7, 11) is 5.55. The third-order valence-electron chi connectivity index (χ3n) is 6.17. The van der Waals surface area contributed by atoms with E-state index in [1.54, 1.807) is 13.3 Å². The molecule has 1 amide bonds. The van der Waals surface area contributed by atoms with Gasteiger partial charge in [0.05, 0.1) is 12.8 Å². The number of likely N-dealkylation sites (tertiary alicyclic amines) is 1. The van der Waals surface area contributed by atoms with Gasteiger partial charge in [0.1, 0.15) is 18.1 Å². The van der Waals surface area contributed by atoms with Gasteiger partial charge < -0.3 is 19.1 Å². The molecule has 3 aromatic rings. The average molecular weight is 449 g/mol. The molecule has 174 valence electrons. The van der Waals surface area contributed by atoms with Crippen molar-refractivity contribution in [2.75, 3.05) is 39.2 Å². The van der Waals surface area contributed by atoms with E-state index in [0.717, 1.165) is 54.2 Å². The van der Waals surface area contributed by atoms with Crippen LogP contribution in [0.3, 0.4) is 0 Å². The number of hydrogen-bond donors (Lipinski definition) is 0. The molecule has 33 heavy (non-hydrogen) atoms. The molecular formula is C25H32N6O2. The average Bonchev–Trinajstić information content (AvgIpc) is 3.30. The number of hydrogen-bond acceptors (Lipinski definition) is 6. The van der Waals surface area contributed by atoms with E-state index in [0.29, 0.717) is 19.0 Å². The first-order valence-corrected chi connectivity index (χ1v) is 11.5. The highest BCUT2D eigenvalue weighted by Crippen LogP contribution is 2.35. The van der Waals surface area contributed by atoms with Crippen LogP contribution >= 0.6 is 0 Å². The molecule has 8 nitrogen and oxygen atoms in total. The zero-order valence-corrected chi connectivity index (χ0v) is 19.9. The number of nitrogens with zero attached hydrogens (tertiary/aromatic N) is 6. The van der Waals surface area contributed by atoms with E-state index in [1.807, 2.05) is 59.1 Å². The summed E-state index contributed by atoms with van der Waals surface area (Å²) in [5.74, 6) is 2.66. The van der Waals surface area contributed by atoms with Crippen molar-refractivity contribution in [1.82, 2.24) is 24.4 Å². The lowest BCUT2D eigenvalue weighted by molar-refractivity contribution is -0.133. The normalized spacial score (nSPS) is 16.0. The van der Waals surface area contributed by atoms with Crippen molar-refractivity contribution >= 4 is 11.9 Å². The lowest BCUT2D eigenvalue weighted by Gasteiger charge is -2.33. The van der Waals surface area contributed by atoms with Gasteiger partial charge in [-0.05, 0) is 30.5 Å². The minimum Gasteiger partial charge on any atom is -0.497 e. The topological polar surface area (TPSA) is 76.4 Å². The molecule has 0 aliphatic carbocycles. The number of rotatable bonds is 7. The van der Waals surface area contributed by atoms with E-state index in [-0.39, 0.29) is 11.8 Å². The highest BCUT2D eigenvalue weighted by atomic mass is 16.5. The standard InChI is InChI=1S/C25H32N6O2/c1-5-22-26-11-13-30(22)17-23(32)31-12-7-9-19(16-31)24-21(15-27-25(28-24)29(2)3)18-8-6-10-20(14-18)33-4/h6,8,10-11,13-15,19H,5,7,9,12,16-17H2,1-4H3/t19-/m1/s1. The number of carbonyl (C=O) groups is 1. The van der Waals surface area contributed by atoms with E-state index in [4.69, 9.17) is 9.72 Å². The van der Waals surface area contributed by atoms with E-state index in [9.17, 15) is 4.79 Å². The van der Waals surface area contributed by atoms with Crippen LogP contribution in [0.25, 0.3) is 11.1 Å². The SMILES string of the molecule is CCc1nccn1CC(=O)N1CCC[C@@H](c2nc(N(C)C)ncc2-c2cccc(OC)c2)C1. The Balaban J connectivity index is 1.62. The van der Waals surface area contributed by atoms with Crippen LogP contribution in [0.2, 0.25) is 0 Å². The Morgan fingerprint density at radius 2 is 2.12 bits per heavy atom. The van der Waals surface area contributed by atoms with Crippen LogP contribution in [0, 0.1) is 0 Å². The van der Waals surface area contributed by atoms with Crippen LogP contribution in [0.5, 0.6) is 5.75 Å². The van der Waals surface area contributed by atoms with E-state index in [1.165, 1.54) is 0 Å². The third-order valence-corrected chi connectivity index (χ3v) is 6.17. The van der Waals surface area contributed by atoms with E-state index in [2.05, 4.69) is 23.0 Å². The maximum absolute atomic E-state index is 13.1. The first-order valence-electron chi connectivity index (χ1n) is 11.5. The van der Waals surface area contributed by atoms with Crippen LogP contribution in [-0.4, -0.2) is 64.6 Å². The molecule has 8 heteroatoms. The fraction of sp³-hybridized carbons (Fsp3) is 0.440. The molecule has 1 aromatic carbocycles. The first kappa shape index (κ1) is 22.8. The first-order chi connectivity index (χ1) is 16.0. The van der Waals surface area contributed by atoms with Gasteiger partial charge in [-0.2, -0.15) is 0 Å². The van der Waals surface area contributed by atoms with Crippen molar-refractivity contribution in [3.05, 3.63) is 54.4 Å². The molecule has 0 spiro atoms. The second-order valence-corrected chi connectivity index (χ2v) is 8.60. The van der Waals surface area contributed by atoms with Crippen LogP contribution in [0.15, 0.2) is 42.9 Å². The molecular weight excluding hydrogens is 416 g/mol. The van der Waals surface area contributed by atoms with Crippen molar-refractivity contribution in [2.24, 2.45) is 0 Å². The summed E-state index contributed by atoms with van der Waals surface area (Å²) in [6.07, 6.45) is 8.27. The molecule has 1 fully saturated rings. The maximum Gasteiger partial charge on any atom is 0.242 e. The quantitative estimate of drug-likeness (QED) is 0.552. The fourth-order valence-corrected chi connectivity index (χ4v) is 4.40. The highest BCUT2D eigenvalue weighted by molar-refractivity contribution is 5.76. The van der Waals surface area contributed by atoms with Gasteiger partial charge in [0, 0.05) is 63.7 Å². The third kappa shape index (κ3) is 4.99. The van der Waals surface area contributed by atoms with Gasteiger partial charge in [-0.25, -0.2) is 15.0 Å². The fourth-order valence-electron chi connectivity index (χ4n) is 4.40. The van der Waals surface area contributed by atoms with E-state index < -0.39 is 0 Å². The smallest absolute Gasteiger partial charge is 0.242 e. The number of piperidine rings is 1. The van der Waals surface area contributed by atoms with Gasteiger partial charge in [-0.1, -0.05) is 19.1 Å². The molecule has 1 aliphatic rings. The summed E-state index contributed by atoms with van der Waals surface area (Å²) in [6, 6.07) is 7.97. The van der Waals surface area contributed by atoms with Crippen LogP contribution < -0.4 is 9.64 Å². The largest absolute Gasteiger partial charge is 0.497 e. The molecule has 2 aromatic heterocycles. The summed E-state index contributed by atoms with van der Waals surface area (Å²) in [5, 5.41) is 0. The van der Waals surface area contributed by atoms with Crippen molar-refractivity contribution in [3.8, 4) is 16.9 Å². The zero-order chi connectivity index (χ0) is 23.4. The van der Waals surface area contributed by atoms with Gasteiger partial charge in [-0.15, -0.1) is 0 Å². The number of amides is 1. The summed E-state index contributed by atoms with van der Waals surface area (Å²) < 4.78 is 7.38. The Labute approximate surface area is 195 Å². The number of imidazole rings is 1. The highest BCUT2D eigenvalue weighted by Gasteiger charge is 2.28. The lowest BCUT2D eigenvalue weighted by atomic mass is 9.90. The van der Waals surface area contributed by atoms with Crippen molar-refractivity contribution in [2.45, 2.75) is 38.6 Å². The van der Waals surface area contributed by atoms with Gasteiger partial charge in [0.2, 0.25) is 11.9 Å². The van der Waals surface area contributed by atoms with Gasteiger partial charge in [0.25, 0.3) is 0 Å². The second kappa shape index (κ2) is 10.0. The minimum atomic E-state index is 0.122. The number of aryl methyl sites for hydroxylation is 1. The van der Waals surface area contributed by atoms with Crippen LogP contribution in [-0.2, 0) is 17.8 Å². The predicted octanol–water partition coefficient (Wildman–Crippen LogP) is 3.38. The second-order valence-electron chi connectivity index (χ2n) is 8.60. The molecule has 1 saturated heterocycles. The molecule has 0 saturated carbocycles. The van der Waals surface area contributed by atoms with Crippen molar-refractivity contribution < 1.29 is 9.53 Å². The number of anilines is 1. The molecule has 4 rings (SSSR count). The van der Waals surface area contributed by atoms with Crippen molar-refractivity contribution in [1.29, 1.82) is 0 Å². The molecule has 0 unspecified atom stereocenters. The Morgan fingerprint density at radius 3 is 2.88 bits per heavy atom. The van der Waals surface area contributed by atoms with Crippen molar-refractivity contribution in [3.63, 3.8) is 0 Å². The summed E-state index contributed by atoms with van der Waals surface area (Å²) in [6.45, 7) is 3.80. The predicted molar refractivity (Wildman–Crippen MR) is 129 cm³/mol. The Hall–Kier alpha value is -3.42. The van der Waals surface area contributed by atoms with Gasteiger partial charge in [-0.3, -0.25) is 4.79 Å². The zero-order valence-electron chi connectivity index (χ0n) is 19.9. The molecule has 1 atom stereocenters. The molecule has 0 bridgehead atoms. The monoisotopic (exact) mass is 448 g/mol. The number of ether oxygens (including phenoxy) is 1. The Bertz CT molecular complexity index is 1110. The number of methoxy groups -OCH3 is 1. The molecule has 1 aliphatic heterocycles. The number of benzene rings is 1. The lowest BCUT2D eigenvalue weighted by Crippen LogP contribution is -2.41. The van der Waals surface area contributed by atoms with Gasteiger partial charge in [0.15, 0.2) is 0 Å². The van der Waals surface area contributed by atoms with Crippen LogP contribution in [0.1, 0.15) is 37.2 Å². The Morgan fingerprint density at radius 1 is 1.27 bits per heavy atom. The van der Waals surface area contributed by atoms with Gasteiger partial charge >= 0.3 is 0 Å². The summed E-state index contributed by atoms with van der Waals surface area (Å²) >= 11 is 0. The molecule has 0 N–H and O–H groups in total. The summed E-state index contributed by atoms with van der Waals surface area (Å²) in [4.78, 5) is 30.9. The molecule has 3 heterocycles. The molecule has 0 radical (unpaired) electrons. The Kier molecular flexibility index (Phi) is 6.91. The van der Waals surface area contributed by atoms with E-state index >= 15 is 0 Å². The maximum atomic E-state index is 13.1. The minimum absolute atomic E-state index is 0.122. The van der Waals surface area contributed by atoms with Crippen LogP contribution in [0.4, 0.5) is 5.95 Å².